The van der Waals surface area contributed by atoms with E-state index in [1.54, 1.807) is 23.5 Å². The van der Waals surface area contributed by atoms with E-state index in [9.17, 15) is 25.9 Å². The molecule has 2 N–H and O–H groups in total. The average molecular weight is 611 g/mol. The summed E-state index contributed by atoms with van der Waals surface area (Å²) in [6.45, 7) is 7.07. The molecule has 1 unspecified atom stereocenters. The van der Waals surface area contributed by atoms with Crippen molar-refractivity contribution < 1.29 is 25.9 Å². The minimum atomic E-state index is -4.04. The SMILES string of the molecule is CCC(=CC1Sc2ccc(C)cc2N1CCCS(=O)(=O)O)C=C1Sc2ccc(C)cc2N1CCCS(=O)(=O)O. The standard InChI is InChI=1S/C27H34N2O6S4/c1-4-21(17-26-28(11-5-13-38(30,31)32)22-15-19(2)7-9-24(22)36-26)18-27-29(12-6-14-39(33,34)35)23-16-20(3)8-10-25(23)37-27/h7-10,15-18,26H,4-6,11-14H2,1-3H3,(H,30,31,32)(H,33,34,35). The fraction of sp³-hybridized carbons (Fsp3) is 0.407. The van der Waals surface area contributed by atoms with Crippen LogP contribution in [0.5, 0.6) is 0 Å². The molecule has 0 aliphatic carbocycles. The van der Waals surface area contributed by atoms with Crippen LogP contribution in [-0.2, 0) is 20.2 Å². The van der Waals surface area contributed by atoms with Gasteiger partial charge in [0.1, 0.15) is 0 Å². The van der Waals surface area contributed by atoms with Gasteiger partial charge in [0.25, 0.3) is 20.2 Å². The Balaban J connectivity index is 1.62. The lowest BCUT2D eigenvalue weighted by molar-refractivity contribution is 0.479. The highest BCUT2D eigenvalue weighted by Crippen LogP contribution is 2.48. The highest BCUT2D eigenvalue weighted by Gasteiger charge is 2.30. The third-order valence-corrected chi connectivity index (χ3v) is 10.5. The summed E-state index contributed by atoms with van der Waals surface area (Å²) in [5.74, 6) is -0.586. The van der Waals surface area contributed by atoms with Crippen molar-refractivity contribution in [1.82, 2.24) is 0 Å². The first-order valence-electron chi connectivity index (χ1n) is 12.8. The summed E-state index contributed by atoms with van der Waals surface area (Å²) in [5, 5.41) is 0.951. The maximum absolute atomic E-state index is 11.3. The molecule has 0 bridgehead atoms. The Hall–Kier alpha value is -1.96. The van der Waals surface area contributed by atoms with Crippen molar-refractivity contribution in [2.24, 2.45) is 0 Å². The van der Waals surface area contributed by atoms with Gasteiger partial charge in [-0.1, -0.05) is 42.6 Å². The maximum atomic E-state index is 11.3. The van der Waals surface area contributed by atoms with Crippen molar-refractivity contribution >= 4 is 55.1 Å². The third-order valence-electron chi connectivity index (χ3n) is 6.52. The first-order chi connectivity index (χ1) is 18.3. The van der Waals surface area contributed by atoms with E-state index >= 15 is 0 Å². The zero-order chi connectivity index (χ0) is 28.4. The second-order valence-corrected chi connectivity index (χ2v) is 15.1. The number of benzene rings is 2. The fourth-order valence-electron chi connectivity index (χ4n) is 4.64. The third kappa shape index (κ3) is 8.05. The summed E-state index contributed by atoms with van der Waals surface area (Å²) in [5.41, 5.74) is 5.42. The van der Waals surface area contributed by atoms with E-state index in [4.69, 9.17) is 0 Å². The first-order valence-corrected chi connectivity index (χ1v) is 17.7. The molecule has 0 radical (unpaired) electrons. The largest absolute Gasteiger partial charge is 0.355 e. The summed E-state index contributed by atoms with van der Waals surface area (Å²) >= 11 is 3.35. The fourth-order valence-corrected chi connectivity index (χ4v) is 8.06. The van der Waals surface area contributed by atoms with Gasteiger partial charge in [-0.3, -0.25) is 9.11 Å². The molecule has 0 saturated heterocycles. The summed E-state index contributed by atoms with van der Waals surface area (Å²) in [6.07, 6.45) is 5.71. The predicted octanol–water partition coefficient (Wildman–Crippen LogP) is 5.89. The molecular weight excluding hydrogens is 577 g/mol. The highest BCUT2D eigenvalue weighted by atomic mass is 32.2. The van der Waals surface area contributed by atoms with Gasteiger partial charge in [-0.15, -0.1) is 0 Å². The van der Waals surface area contributed by atoms with Crippen molar-refractivity contribution in [1.29, 1.82) is 0 Å². The quantitative estimate of drug-likeness (QED) is 0.299. The van der Waals surface area contributed by atoms with E-state index in [-0.39, 0.29) is 16.9 Å². The Labute approximate surface area is 240 Å². The minimum absolute atomic E-state index is 0.0426. The van der Waals surface area contributed by atoms with Gasteiger partial charge in [-0.25, -0.2) is 0 Å². The zero-order valence-electron chi connectivity index (χ0n) is 22.2. The van der Waals surface area contributed by atoms with E-state index < -0.39 is 20.2 Å². The number of hydrogen-bond donors (Lipinski definition) is 2. The van der Waals surface area contributed by atoms with Crippen molar-refractivity contribution in [3.63, 3.8) is 0 Å². The second-order valence-electron chi connectivity index (χ2n) is 9.75. The normalized spacial score (nSPS) is 18.6. The van der Waals surface area contributed by atoms with Crippen LogP contribution in [-0.4, -0.2) is 55.9 Å². The molecule has 2 aliphatic rings. The lowest BCUT2D eigenvalue weighted by Crippen LogP contribution is -2.30. The van der Waals surface area contributed by atoms with Crippen LogP contribution in [0.15, 0.2) is 68.9 Å². The number of allylic oxidation sites excluding steroid dienone is 2. The first kappa shape index (κ1) is 30.0. The molecule has 2 aliphatic heterocycles. The van der Waals surface area contributed by atoms with Crippen molar-refractivity contribution in [3.8, 4) is 0 Å². The summed E-state index contributed by atoms with van der Waals surface area (Å²) in [7, 11) is -8.08. The number of hydrogen-bond acceptors (Lipinski definition) is 8. The molecule has 12 heteroatoms. The highest BCUT2D eigenvalue weighted by molar-refractivity contribution is 8.03. The molecule has 0 fully saturated rings. The predicted molar refractivity (Wildman–Crippen MR) is 161 cm³/mol. The number of rotatable bonds is 11. The molecule has 2 heterocycles. The maximum Gasteiger partial charge on any atom is 0.264 e. The average Bonchev–Trinajstić information content (AvgIpc) is 3.34. The van der Waals surface area contributed by atoms with Crippen LogP contribution in [0.2, 0.25) is 0 Å². The Morgan fingerprint density at radius 2 is 1.49 bits per heavy atom. The van der Waals surface area contributed by atoms with Crippen LogP contribution in [0.1, 0.15) is 37.3 Å². The minimum Gasteiger partial charge on any atom is -0.355 e. The molecular formula is C27H34N2O6S4. The molecule has 0 saturated carbocycles. The number of fused-ring (bicyclic) bond motifs is 2. The van der Waals surface area contributed by atoms with E-state index in [2.05, 4.69) is 65.3 Å². The topological polar surface area (TPSA) is 115 Å². The van der Waals surface area contributed by atoms with Crippen molar-refractivity contribution in [2.45, 2.75) is 55.2 Å². The molecule has 4 rings (SSSR count). The number of anilines is 2. The smallest absolute Gasteiger partial charge is 0.264 e. The number of thioether (sulfide) groups is 2. The van der Waals surface area contributed by atoms with Crippen LogP contribution >= 0.6 is 23.5 Å². The summed E-state index contributed by atoms with van der Waals surface area (Å²) < 4.78 is 63.8. The molecule has 39 heavy (non-hydrogen) atoms. The zero-order valence-corrected chi connectivity index (χ0v) is 25.5. The van der Waals surface area contributed by atoms with Crippen LogP contribution in [0.4, 0.5) is 11.4 Å². The van der Waals surface area contributed by atoms with Crippen LogP contribution in [0, 0.1) is 13.8 Å². The van der Waals surface area contributed by atoms with E-state index in [1.807, 2.05) is 13.8 Å². The van der Waals surface area contributed by atoms with Crippen molar-refractivity contribution in [3.05, 3.63) is 70.3 Å². The van der Waals surface area contributed by atoms with E-state index in [0.29, 0.717) is 25.9 Å². The Morgan fingerprint density at radius 3 is 2.10 bits per heavy atom. The van der Waals surface area contributed by atoms with Gasteiger partial charge in [0.05, 0.1) is 33.3 Å². The van der Waals surface area contributed by atoms with Gasteiger partial charge in [0.2, 0.25) is 0 Å². The van der Waals surface area contributed by atoms with Gasteiger partial charge in [0.15, 0.2) is 0 Å². The molecule has 2 aromatic carbocycles. The van der Waals surface area contributed by atoms with E-state index in [0.717, 1.165) is 49.3 Å². The molecule has 0 aromatic heterocycles. The Bertz CT molecular complexity index is 1500. The van der Waals surface area contributed by atoms with Crippen LogP contribution in [0.25, 0.3) is 0 Å². The van der Waals surface area contributed by atoms with E-state index in [1.165, 1.54) is 0 Å². The summed E-state index contributed by atoms with van der Waals surface area (Å²) in [6, 6.07) is 12.5. The Morgan fingerprint density at radius 1 is 0.897 bits per heavy atom. The number of aryl methyl sites for hydroxylation is 2. The van der Waals surface area contributed by atoms with Gasteiger partial charge in [-0.2, -0.15) is 16.8 Å². The molecule has 0 spiro atoms. The number of nitrogens with zero attached hydrogens (tertiary/aromatic N) is 2. The lowest BCUT2D eigenvalue weighted by Gasteiger charge is -2.25. The molecule has 0 amide bonds. The molecule has 1 atom stereocenters. The monoisotopic (exact) mass is 610 g/mol. The van der Waals surface area contributed by atoms with Gasteiger partial charge in [-0.05, 0) is 86.2 Å². The molecule has 2 aromatic rings. The second kappa shape index (κ2) is 12.3. The lowest BCUT2D eigenvalue weighted by atomic mass is 10.1. The van der Waals surface area contributed by atoms with Crippen molar-refractivity contribution in [2.75, 3.05) is 34.4 Å². The van der Waals surface area contributed by atoms with Gasteiger partial charge < -0.3 is 9.80 Å². The summed E-state index contributed by atoms with van der Waals surface area (Å²) in [4.78, 5) is 6.53. The van der Waals surface area contributed by atoms with Crippen LogP contribution in [0.3, 0.4) is 0 Å². The molecule has 212 valence electrons. The van der Waals surface area contributed by atoms with Gasteiger partial charge in [0, 0.05) is 22.9 Å². The molecule has 8 nitrogen and oxygen atoms in total. The van der Waals surface area contributed by atoms with Gasteiger partial charge >= 0.3 is 0 Å². The Kier molecular flexibility index (Phi) is 9.45. The van der Waals surface area contributed by atoms with Crippen LogP contribution < -0.4 is 9.80 Å².